The molecule has 0 N–H and O–H groups in total. The van der Waals surface area contributed by atoms with E-state index in [0.29, 0.717) is 5.33 Å². The predicted octanol–water partition coefficient (Wildman–Crippen LogP) is 4.24. The Kier molecular flexibility index (Phi) is 5.56. The molecule has 0 radical (unpaired) electrons. The molecular weight excluding hydrogens is 336 g/mol. The number of halogens is 1. The molecule has 0 heterocycles. The summed E-state index contributed by atoms with van der Waals surface area (Å²) in [5.41, 5.74) is 1.00. The van der Waals surface area contributed by atoms with Crippen molar-refractivity contribution in [3.05, 3.63) is 65.1 Å². The molecule has 2 aromatic carbocycles. The Morgan fingerprint density at radius 3 is 2.35 bits per heavy atom. The smallest absolute Gasteiger partial charge is 0.118 e. The summed E-state index contributed by atoms with van der Waals surface area (Å²) in [4.78, 5) is 1.65. The molecule has 0 spiro atoms. The largest absolute Gasteiger partial charge is 0.497 e. The highest BCUT2D eigenvalue weighted by atomic mass is 79.9. The predicted molar refractivity (Wildman–Crippen MR) is 87.6 cm³/mol. The van der Waals surface area contributed by atoms with Gasteiger partial charge in [-0.25, -0.2) is 4.21 Å². The van der Waals surface area contributed by atoms with Crippen molar-refractivity contribution in [2.24, 2.45) is 0 Å². The van der Waals surface area contributed by atoms with Crippen LogP contribution < -0.4 is 4.74 Å². The first kappa shape index (κ1) is 15.0. The van der Waals surface area contributed by atoms with Crippen LogP contribution in [0.4, 0.5) is 0 Å². The fraction of sp³-hybridized carbons (Fsp3) is 0.125. The lowest BCUT2D eigenvalue weighted by molar-refractivity contribution is 0.415. The minimum Gasteiger partial charge on any atom is -0.497 e. The first-order valence-corrected chi connectivity index (χ1v) is 8.39. The Morgan fingerprint density at radius 2 is 1.80 bits per heavy atom. The summed E-state index contributed by atoms with van der Waals surface area (Å²) in [6, 6.07) is 17.1. The molecule has 2 rings (SSSR count). The second-order valence-corrected chi connectivity index (χ2v) is 6.19. The summed E-state index contributed by atoms with van der Waals surface area (Å²) in [7, 11) is 0.492. The van der Waals surface area contributed by atoms with Crippen molar-refractivity contribution in [2.75, 3.05) is 12.4 Å². The van der Waals surface area contributed by atoms with Gasteiger partial charge < -0.3 is 4.74 Å². The van der Waals surface area contributed by atoms with Crippen LogP contribution in [0.5, 0.6) is 5.75 Å². The van der Waals surface area contributed by atoms with Gasteiger partial charge in [0.15, 0.2) is 0 Å². The third kappa shape index (κ3) is 3.81. The molecule has 0 aromatic heterocycles. The molecule has 0 saturated heterocycles. The third-order valence-corrected chi connectivity index (χ3v) is 5.18. The summed E-state index contributed by atoms with van der Waals surface area (Å²) in [5.74, 6) is 0.812. The van der Waals surface area contributed by atoms with Crippen LogP contribution >= 0.6 is 15.9 Å². The zero-order valence-corrected chi connectivity index (χ0v) is 13.5. The molecular formula is C16H15BrO2S. The van der Waals surface area contributed by atoms with Gasteiger partial charge in [-0.05, 0) is 35.9 Å². The number of hydrogen-bond donors (Lipinski definition) is 0. The van der Waals surface area contributed by atoms with Gasteiger partial charge in [-0.15, -0.1) is 0 Å². The van der Waals surface area contributed by atoms with E-state index >= 15 is 0 Å². The number of hydrogen-bond acceptors (Lipinski definition) is 2. The van der Waals surface area contributed by atoms with Crippen molar-refractivity contribution in [2.45, 2.75) is 4.90 Å². The van der Waals surface area contributed by atoms with E-state index in [1.165, 1.54) is 0 Å². The van der Waals surface area contributed by atoms with Crippen LogP contribution in [-0.2, 0) is 10.8 Å². The van der Waals surface area contributed by atoms with Crippen molar-refractivity contribution < 1.29 is 8.95 Å². The average molecular weight is 351 g/mol. The second kappa shape index (κ2) is 7.41. The standard InChI is InChI=1S/C16H15BrO2S/c1-19-14-9-7-13(8-10-14)11-16(12-17)20(18)15-5-3-2-4-6-15/h2-11H,12H2,1H3/b16-11+. The first-order valence-electron chi connectivity index (χ1n) is 6.12. The molecule has 0 aliphatic carbocycles. The molecule has 2 aromatic rings. The average Bonchev–Trinajstić information content (AvgIpc) is 2.53. The summed E-state index contributed by atoms with van der Waals surface area (Å²) in [5, 5.41) is 0.570. The van der Waals surface area contributed by atoms with Gasteiger partial charge in [-0.2, -0.15) is 0 Å². The summed E-state index contributed by atoms with van der Waals surface area (Å²) >= 11 is 3.41. The van der Waals surface area contributed by atoms with Gasteiger partial charge in [0.25, 0.3) is 0 Å². The number of alkyl halides is 1. The maximum Gasteiger partial charge on any atom is 0.118 e. The molecule has 0 bridgehead atoms. The number of ether oxygens (including phenoxy) is 1. The Balaban J connectivity index is 2.26. The lowest BCUT2D eigenvalue weighted by Crippen LogP contribution is -1.97. The third-order valence-electron chi connectivity index (χ3n) is 2.77. The molecule has 0 fully saturated rings. The van der Waals surface area contributed by atoms with Gasteiger partial charge in [0.2, 0.25) is 0 Å². The van der Waals surface area contributed by atoms with Crippen LogP contribution in [0.25, 0.3) is 6.08 Å². The number of methoxy groups -OCH3 is 1. The minimum atomic E-state index is -1.15. The Labute approximate surface area is 130 Å². The zero-order chi connectivity index (χ0) is 14.4. The van der Waals surface area contributed by atoms with Crippen LogP contribution in [0.1, 0.15) is 5.56 Å². The van der Waals surface area contributed by atoms with E-state index in [1.807, 2.05) is 60.7 Å². The van der Waals surface area contributed by atoms with E-state index in [0.717, 1.165) is 21.1 Å². The van der Waals surface area contributed by atoms with Crippen molar-refractivity contribution in [1.82, 2.24) is 0 Å². The van der Waals surface area contributed by atoms with Crippen LogP contribution in [0, 0.1) is 0 Å². The Morgan fingerprint density at radius 1 is 1.15 bits per heavy atom. The topological polar surface area (TPSA) is 26.3 Å². The molecule has 20 heavy (non-hydrogen) atoms. The van der Waals surface area contributed by atoms with Crippen LogP contribution in [0.15, 0.2) is 64.4 Å². The van der Waals surface area contributed by atoms with E-state index in [1.54, 1.807) is 7.11 Å². The van der Waals surface area contributed by atoms with Crippen molar-refractivity contribution >= 4 is 32.8 Å². The fourth-order valence-electron chi connectivity index (χ4n) is 1.72. The lowest BCUT2D eigenvalue weighted by atomic mass is 10.2. The van der Waals surface area contributed by atoms with Gasteiger partial charge in [0.1, 0.15) is 5.75 Å². The zero-order valence-electron chi connectivity index (χ0n) is 11.1. The summed E-state index contributed by atoms with van der Waals surface area (Å²) in [6.07, 6.45) is 1.94. The van der Waals surface area contributed by atoms with E-state index in [-0.39, 0.29) is 0 Å². The highest BCUT2D eigenvalue weighted by Crippen LogP contribution is 2.20. The van der Waals surface area contributed by atoms with Crippen molar-refractivity contribution in [3.8, 4) is 5.75 Å². The SMILES string of the molecule is COc1ccc(/C=C(\CBr)S(=O)c2ccccc2)cc1. The summed E-state index contributed by atoms with van der Waals surface area (Å²) in [6.45, 7) is 0. The molecule has 0 aliphatic heterocycles. The van der Waals surface area contributed by atoms with Crippen molar-refractivity contribution in [1.29, 1.82) is 0 Å². The molecule has 1 atom stereocenters. The van der Waals surface area contributed by atoms with Crippen LogP contribution in [0.2, 0.25) is 0 Å². The maximum atomic E-state index is 12.5. The summed E-state index contributed by atoms with van der Waals surface area (Å²) < 4.78 is 17.6. The molecule has 4 heteroatoms. The van der Waals surface area contributed by atoms with Gasteiger partial charge in [-0.1, -0.05) is 46.3 Å². The van der Waals surface area contributed by atoms with Crippen molar-refractivity contribution in [3.63, 3.8) is 0 Å². The quantitative estimate of drug-likeness (QED) is 0.754. The van der Waals surface area contributed by atoms with E-state index in [9.17, 15) is 4.21 Å². The number of rotatable bonds is 5. The Bertz CT molecular complexity index is 606. The molecule has 0 saturated carbocycles. The molecule has 0 amide bonds. The highest BCUT2D eigenvalue weighted by Gasteiger charge is 2.09. The fourth-order valence-corrected chi connectivity index (χ4v) is 3.56. The maximum absolute atomic E-state index is 12.5. The molecule has 104 valence electrons. The molecule has 1 unspecified atom stereocenters. The Hall–Kier alpha value is -1.39. The van der Waals surface area contributed by atoms with E-state index in [4.69, 9.17) is 4.74 Å². The van der Waals surface area contributed by atoms with E-state index < -0.39 is 10.8 Å². The van der Waals surface area contributed by atoms with Crippen LogP contribution in [0.3, 0.4) is 0 Å². The highest BCUT2D eigenvalue weighted by molar-refractivity contribution is 9.09. The number of benzene rings is 2. The van der Waals surface area contributed by atoms with Gasteiger partial charge in [-0.3, -0.25) is 0 Å². The molecule has 0 aliphatic rings. The lowest BCUT2D eigenvalue weighted by Gasteiger charge is -2.05. The normalized spacial score (nSPS) is 13.0. The van der Waals surface area contributed by atoms with Gasteiger partial charge in [0, 0.05) is 15.1 Å². The molecule has 2 nitrogen and oxygen atoms in total. The van der Waals surface area contributed by atoms with Crippen LogP contribution in [-0.4, -0.2) is 16.6 Å². The second-order valence-electron chi connectivity index (χ2n) is 4.10. The van der Waals surface area contributed by atoms with E-state index in [2.05, 4.69) is 15.9 Å². The first-order chi connectivity index (χ1) is 9.74. The minimum absolute atomic E-state index is 0.570. The van der Waals surface area contributed by atoms with Gasteiger partial charge in [0.05, 0.1) is 17.9 Å². The monoisotopic (exact) mass is 350 g/mol. The number of allylic oxidation sites excluding steroid dienone is 1. The van der Waals surface area contributed by atoms with Gasteiger partial charge >= 0.3 is 0 Å².